The minimum Gasteiger partial charge on any atom is -0.482 e. The summed E-state index contributed by atoms with van der Waals surface area (Å²) < 4.78 is 7.17. The Bertz CT molecular complexity index is 1190. The highest BCUT2D eigenvalue weighted by molar-refractivity contribution is 5.98. The Morgan fingerprint density at radius 2 is 1.89 bits per heavy atom. The molecule has 5 rings (SSSR count). The van der Waals surface area contributed by atoms with E-state index in [9.17, 15) is 4.79 Å². The van der Waals surface area contributed by atoms with Gasteiger partial charge in [0.2, 0.25) is 0 Å². The summed E-state index contributed by atoms with van der Waals surface area (Å²) in [6.45, 7) is 0.0599. The van der Waals surface area contributed by atoms with Crippen LogP contribution in [0, 0.1) is 0 Å². The van der Waals surface area contributed by atoms with Gasteiger partial charge in [-0.05, 0) is 30.3 Å². The normalized spacial score (nSPS) is 13.3. The molecule has 0 atom stereocenters. The van der Waals surface area contributed by atoms with Gasteiger partial charge in [0, 0.05) is 18.3 Å². The van der Waals surface area contributed by atoms with Crippen LogP contribution in [-0.4, -0.2) is 39.4 Å². The van der Waals surface area contributed by atoms with E-state index in [2.05, 4.69) is 20.6 Å². The van der Waals surface area contributed by atoms with E-state index in [4.69, 9.17) is 4.74 Å². The molecule has 1 aliphatic rings. The van der Waals surface area contributed by atoms with Crippen molar-refractivity contribution in [2.24, 2.45) is 0 Å². The van der Waals surface area contributed by atoms with Gasteiger partial charge in [0.15, 0.2) is 23.9 Å². The lowest BCUT2D eigenvalue weighted by atomic mass is 10.2. The summed E-state index contributed by atoms with van der Waals surface area (Å²) >= 11 is 0. The van der Waals surface area contributed by atoms with E-state index in [0.29, 0.717) is 23.0 Å². The second-order valence-corrected chi connectivity index (χ2v) is 6.43. The van der Waals surface area contributed by atoms with Crippen LogP contribution in [0.5, 0.6) is 5.75 Å². The van der Waals surface area contributed by atoms with E-state index < -0.39 is 0 Å². The van der Waals surface area contributed by atoms with Crippen molar-refractivity contribution in [3.63, 3.8) is 0 Å². The second-order valence-electron chi connectivity index (χ2n) is 6.43. The van der Waals surface area contributed by atoms with Gasteiger partial charge in [0.1, 0.15) is 5.75 Å². The molecule has 3 heterocycles. The second kappa shape index (κ2) is 6.34. The van der Waals surface area contributed by atoms with Crippen LogP contribution >= 0.6 is 0 Å². The van der Waals surface area contributed by atoms with Crippen LogP contribution in [0.2, 0.25) is 0 Å². The van der Waals surface area contributed by atoms with Crippen molar-refractivity contribution >= 4 is 28.7 Å². The number of aromatic nitrogens is 4. The van der Waals surface area contributed by atoms with Crippen molar-refractivity contribution in [2.45, 2.75) is 0 Å². The van der Waals surface area contributed by atoms with Gasteiger partial charge >= 0.3 is 0 Å². The Morgan fingerprint density at radius 3 is 2.75 bits per heavy atom. The largest absolute Gasteiger partial charge is 0.482 e. The molecule has 1 amide bonds. The molecule has 0 aliphatic carbocycles. The van der Waals surface area contributed by atoms with Gasteiger partial charge in [0.05, 0.1) is 5.69 Å². The first-order chi connectivity index (χ1) is 13.7. The van der Waals surface area contributed by atoms with Gasteiger partial charge in [-0.3, -0.25) is 4.79 Å². The molecule has 2 aromatic carbocycles. The van der Waals surface area contributed by atoms with E-state index in [0.717, 1.165) is 16.9 Å². The lowest BCUT2D eigenvalue weighted by Gasteiger charge is -2.26. The lowest BCUT2D eigenvalue weighted by Crippen LogP contribution is -2.35. The molecule has 1 aliphatic heterocycles. The number of nitrogens with zero attached hydrogens (tertiary/aromatic N) is 5. The highest BCUT2D eigenvalue weighted by Crippen LogP contribution is 2.34. The summed E-state index contributed by atoms with van der Waals surface area (Å²) in [7, 11) is 1.74. The average Bonchev–Trinajstić information content (AvgIpc) is 3.15. The van der Waals surface area contributed by atoms with Gasteiger partial charge in [0.25, 0.3) is 5.91 Å². The predicted molar refractivity (Wildman–Crippen MR) is 105 cm³/mol. The maximum absolute atomic E-state index is 11.9. The van der Waals surface area contributed by atoms with E-state index >= 15 is 0 Å². The number of fused-ring (bicyclic) bond motifs is 2. The van der Waals surface area contributed by atoms with Crippen molar-refractivity contribution in [1.29, 1.82) is 0 Å². The molecule has 4 aromatic rings. The van der Waals surface area contributed by atoms with Crippen molar-refractivity contribution in [2.75, 3.05) is 23.9 Å². The molecular weight excluding hydrogens is 356 g/mol. The summed E-state index contributed by atoms with van der Waals surface area (Å²) in [4.78, 5) is 13.5. The maximum atomic E-state index is 11.9. The van der Waals surface area contributed by atoms with Crippen molar-refractivity contribution in [1.82, 2.24) is 19.8 Å². The first kappa shape index (κ1) is 16.2. The number of anilines is 3. The Labute approximate surface area is 160 Å². The SMILES string of the molecule is CN1C(=O)COc2ccc(Nc3ccc4nnc(-c5ccccc5)n4n3)cc21. The summed E-state index contributed by atoms with van der Waals surface area (Å²) in [5.41, 5.74) is 3.11. The van der Waals surface area contributed by atoms with E-state index in [1.54, 1.807) is 16.5 Å². The monoisotopic (exact) mass is 372 g/mol. The zero-order chi connectivity index (χ0) is 19.1. The Kier molecular flexibility index (Phi) is 3.68. The van der Waals surface area contributed by atoms with Crippen LogP contribution in [0.15, 0.2) is 60.7 Å². The molecule has 0 spiro atoms. The molecule has 8 nitrogen and oxygen atoms in total. The summed E-state index contributed by atoms with van der Waals surface area (Å²) in [5.74, 6) is 1.90. The number of carbonyl (C=O) groups excluding carboxylic acids is 1. The lowest BCUT2D eigenvalue weighted by molar-refractivity contribution is -0.120. The number of likely N-dealkylation sites (N-methyl/N-ethyl adjacent to an activating group) is 1. The molecule has 2 aromatic heterocycles. The molecule has 1 N–H and O–H groups in total. The highest BCUT2D eigenvalue weighted by atomic mass is 16.5. The van der Waals surface area contributed by atoms with Crippen LogP contribution in [0.4, 0.5) is 17.2 Å². The first-order valence-electron chi connectivity index (χ1n) is 8.77. The Morgan fingerprint density at radius 1 is 1.04 bits per heavy atom. The molecule has 0 saturated heterocycles. The van der Waals surface area contributed by atoms with Crippen LogP contribution in [0.1, 0.15) is 0 Å². The third-order valence-electron chi connectivity index (χ3n) is 4.61. The van der Waals surface area contributed by atoms with Crippen molar-refractivity contribution in [3.8, 4) is 17.1 Å². The minimum absolute atomic E-state index is 0.0599. The summed E-state index contributed by atoms with van der Waals surface area (Å²) in [5, 5.41) is 16.3. The predicted octanol–water partition coefficient (Wildman–Crippen LogP) is 2.89. The molecule has 8 heteroatoms. The van der Waals surface area contributed by atoms with Gasteiger partial charge in [-0.25, -0.2) is 0 Å². The van der Waals surface area contributed by atoms with Crippen molar-refractivity contribution < 1.29 is 9.53 Å². The summed E-state index contributed by atoms with van der Waals surface area (Å²) in [6, 6.07) is 19.1. The van der Waals surface area contributed by atoms with Gasteiger partial charge in [-0.1, -0.05) is 30.3 Å². The molecule has 0 radical (unpaired) electrons. The molecule has 28 heavy (non-hydrogen) atoms. The number of benzene rings is 2. The zero-order valence-electron chi connectivity index (χ0n) is 15.0. The third kappa shape index (κ3) is 2.71. The smallest absolute Gasteiger partial charge is 0.264 e. The number of hydrogen-bond acceptors (Lipinski definition) is 6. The van der Waals surface area contributed by atoms with Gasteiger partial charge in [-0.2, -0.15) is 4.52 Å². The average molecular weight is 372 g/mol. The molecule has 138 valence electrons. The fourth-order valence-corrected chi connectivity index (χ4v) is 3.12. The number of carbonyl (C=O) groups is 1. The van der Waals surface area contributed by atoms with Gasteiger partial charge < -0.3 is 15.0 Å². The van der Waals surface area contributed by atoms with Crippen LogP contribution in [-0.2, 0) is 4.79 Å². The Balaban J connectivity index is 1.50. The standard InChI is InChI=1S/C20H16N6O2/c1-25-15-11-14(7-8-16(15)28-12-19(25)27)21-17-9-10-18-22-23-20(26(18)24-17)13-5-3-2-4-6-13/h2-11H,12H2,1H3,(H,21,24). The molecule has 0 fully saturated rings. The topological polar surface area (TPSA) is 84.6 Å². The number of nitrogens with one attached hydrogen (secondary N) is 1. The third-order valence-corrected chi connectivity index (χ3v) is 4.61. The van der Waals surface area contributed by atoms with Crippen molar-refractivity contribution in [3.05, 3.63) is 60.7 Å². The number of rotatable bonds is 3. The molecule has 0 bridgehead atoms. The number of hydrogen-bond donors (Lipinski definition) is 1. The fraction of sp³-hybridized carbons (Fsp3) is 0.100. The van der Waals surface area contributed by atoms with Gasteiger partial charge in [-0.15, -0.1) is 15.3 Å². The highest BCUT2D eigenvalue weighted by Gasteiger charge is 2.22. The number of amides is 1. The van der Waals surface area contributed by atoms with E-state index in [-0.39, 0.29) is 12.5 Å². The summed E-state index contributed by atoms with van der Waals surface area (Å²) in [6.07, 6.45) is 0. The molecule has 0 saturated carbocycles. The van der Waals surface area contributed by atoms with Crippen LogP contribution in [0.25, 0.3) is 17.0 Å². The molecular formula is C20H16N6O2. The number of ether oxygens (including phenoxy) is 1. The zero-order valence-corrected chi connectivity index (χ0v) is 15.0. The maximum Gasteiger partial charge on any atom is 0.264 e. The quantitative estimate of drug-likeness (QED) is 0.595. The minimum atomic E-state index is -0.0822. The Hall–Kier alpha value is -3.94. The van der Waals surface area contributed by atoms with Crippen LogP contribution in [0.3, 0.4) is 0 Å². The molecule has 0 unspecified atom stereocenters. The van der Waals surface area contributed by atoms with E-state index in [1.165, 1.54) is 0 Å². The van der Waals surface area contributed by atoms with E-state index in [1.807, 2.05) is 60.7 Å². The first-order valence-corrected chi connectivity index (χ1v) is 8.77. The van der Waals surface area contributed by atoms with Crippen LogP contribution < -0.4 is 15.0 Å². The fourth-order valence-electron chi connectivity index (χ4n) is 3.12.